The molecule has 1 saturated carbocycles. The van der Waals surface area contributed by atoms with E-state index in [0.717, 1.165) is 51.6 Å². The molecule has 5 nitrogen and oxygen atoms in total. The van der Waals surface area contributed by atoms with Crippen LogP contribution in [0.5, 0.6) is 0 Å². The second-order valence-electron chi connectivity index (χ2n) is 10.1. The first-order valence-electron chi connectivity index (χ1n) is 11.9. The Bertz CT molecular complexity index is 1020. The Morgan fingerprint density at radius 3 is 2.39 bits per heavy atom. The molecule has 0 spiro atoms. The van der Waals surface area contributed by atoms with Gasteiger partial charge in [0.2, 0.25) is 0 Å². The van der Waals surface area contributed by atoms with Gasteiger partial charge in [0, 0.05) is 20.2 Å². The summed E-state index contributed by atoms with van der Waals surface area (Å²) in [6.45, 7) is 9.98. The number of rotatable bonds is 7. The minimum Gasteiger partial charge on any atom is -0.381 e. The molecule has 0 radical (unpaired) electrons. The molecule has 0 unspecified atom stereocenters. The zero-order valence-electron chi connectivity index (χ0n) is 20.9. The van der Waals surface area contributed by atoms with E-state index in [2.05, 4.69) is 38.0 Å². The highest BCUT2D eigenvalue weighted by molar-refractivity contribution is 7.89. The van der Waals surface area contributed by atoms with Gasteiger partial charge in [-0.05, 0) is 99.7 Å². The summed E-state index contributed by atoms with van der Waals surface area (Å²) in [7, 11) is 2.46. The normalized spacial score (nSPS) is 25.6. The number of hydrogen-bond acceptors (Lipinski definition) is 4. The molecule has 0 atom stereocenters. The van der Waals surface area contributed by atoms with Crippen LogP contribution in [0.1, 0.15) is 57.9 Å². The number of methoxy groups -OCH3 is 1. The number of hydrogen-bond donors (Lipinski definition) is 1. The van der Waals surface area contributed by atoms with Gasteiger partial charge in [0.05, 0.1) is 16.7 Å². The van der Waals surface area contributed by atoms with E-state index in [4.69, 9.17) is 4.74 Å². The predicted octanol–water partition coefficient (Wildman–Crippen LogP) is 3.88. The molecule has 0 bridgehead atoms. The molecule has 1 fully saturated rings. The second kappa shape index (κ2) is 10.6. The highest BCUT2D eigenvalue weighted by atomic mass is 32.2. The van der Waals surface area contributed by atoms with Crippen LogP contribution >= 0.6 is 0 Å². The monoisotopic (exact) mass is 470 g/mol. The van der Waals surface area contributed by atoms with Crippen molar-refractivity contribution in [1.29, 1.82) is 0 Å². The maximum Gasteiger partial charge on any atom is 0.261 e. The number of benzene rings is 1. The maximum absolute atomic E-state index is 13.2. The van der Waals surface area contributed by atoms with Gasteiger partial charge in [-0.15, -0.1) is 0 Å². The van der Waals surface area contributed by atoms with Crippen molar-refractivity contribution < 1.29 is 13.2 Å². The number of ether oxygens (including phenoxy) is 1. The number of nitrogens with one attached hydrogen (secondary N) is 1. The molecule has 3 rings (SSSR count). The predicted molar refractivity (Wildman–Crippen MR) is 139 cm³/mol. The first-order valence-corrected chi connectivity index (χ1v) is 13.4. The van der Waals surface area contributed by atoms with Crippen molar-refractivity contribution in [2.75, 3.05) is 27.2 Å². The standard InChI is InChI=1S/C26H39BN2O3S/c1-19(2)25(18-21-13-17-29(4)16-12-20(21)3)28-33(30,31)24-8-6-22(7-9-24)26(27)14-10-23(32-5)11-15-26/h6-9,18,23,28H,1,10-17,27H2,2-5H3/b25-18+. The third kappa shape index (κ3) is 6.40. The van der Waals surface area contributed by atoms with Crippen LogP contribution in [0, 0.1) is 0 Å². The summed E-state index contributed by atoms with van der Waals surface area (Å²) in [5.41, 5.74) is 4.95. The van der Waals surface area contributed by atoms with Crippen molar-refractivity contribution in [3.8, 4) is 0 Å². The minimum atomic E-state index is -3.70. The molecule has 2 aliphatic rings. The fourth-order valence-corrected chi connectivity index (χ4v) is 5.89. The Morgan fingerprint density at radius 2 is 1.82 bits per heavy atom. The van der Waals surface area contributed by atoms with E-state index in [0.29, 0.717) is 17.4 Å². The molecule has 1 aliphatic heterocycles. The third-order valence-electron chi connectivity index (χ3n) is 7.43. The Labute approximate surface area is 201 Å². The lowest BCUT2D eigenvalue weighted by atomic mass is 9.56. The SMILES string of the molecule is BC1(c2ccc(S(=O)(=O)N/C(=C/C3=C(C)CCN(C)CC3)C(=C)C)cc2)CCC(OC)CC1. The Kier molecular flexibility index (Phi) is 8.30. The average molecular weight is 470 g/mol. The summed E-state index contributed by atoms with van der Waals surface area (Å²) >= 11 is 0. The van der Waals surface area contributed by atoms with Gasteiger partial charge in [-0.25, -0.2) is 8.42 Å². The molecule has 1 aromatic rings. The van der Waals surface area contributed by atoms with Gasteiger partial charge in [-0.3, -0.25) is 4.72 Å². The summed E-state index contributed by atoms with van der Waals surface area (Å²) < 4.78 is 34.7. The maximum atomic E-state index is 13.2. The Morgan fingerprint density at radius 1 is 1.21 bits per heavy atom. The molecule has 33 heavy (non-hydrogen) atoms. The fourth-order valence-electron chi connectivity index (χ4n) is 4.76. The molecule has 1 aliphatic carbocycles. The van der Waals surface area contributed by atoms with Crippen molar-refractivity contribution in [1.82, 2.24) is 9.62 Å². The molecule has 180 valence electrons. The molecule has 0 aromatic heterocycles. The lowest BCUT2D eigenvalue weighted by Gasteiger charge is -2.37. The van der Waals surface area contributed by atoms with Gasteiger partial charge >= 0.3 is 0 Å². The summed E-state index contributed by atoms with van der Waals surface area (Å²) in [4.78, 5) is 2.58. The average Bonchev–Trinajstić information content (AvgIpc) is 2.95. The molecule has 1 N–H and O–H groups in total. The van der Waals surface area contributed by atoms with E-state index in [9.17, 15) is 8.42 Å². The first kappa shape index (κ1) is 25.8. The van der Waals surface area contributed by atoms with Gasteiger partial charge in [0.15, 0.2) is 0 Å². The lowest BCUT2D eigenvalue weighted by Crippen LogP contribution is -2.34. The topological polar surface area (TPSA) is 58.6 Å². The van der Waals surface area contributed by atoms with Crippen LogP contribution < -0.4 is 4.72 Å². The summed E-state index contributed by atoms with van der Waals surface area (Å²) in [5, 5.41) is 0.0597. The quantitative estimate of drug-likeness (QED) is 0.486. The summed E-state index contributed by atoms with van der Waals surface area (Å²) in [6.07, 6.45) is 8.35. The van der Waals surface area contributed by atoms with Crippen LogP contribution in [-0.4, -0.2) is 54.5 Å². The van der Waals surface area contributed by atoms with Crippen LogP contribution in [0.25, 0.3) is 0 Å². The van der Waals surface area contributed by atoms with Gasteiger partial charge < -0.3 is 9.64 Å². The zero-order chi connectivity index (χ0) is 24.2. The van der Waals surface area contributed by atoms with Crippen LogP contribution in [0.15, 0.2) is 64.2 Å². The van der Waals surface area contributed by atoms with Crippen molar-refractivity contribution in [2.24, 2.45) is 0 Å². The number of sulfonamides is 1. The molecule has 0 saturated heterocycles. The summed E-state index contributed by atoms with van der Waals surface area (Å²) in [6, 6.07) is 7.40. The van der Waals surface area contributed by atoms with E-state index in [1.54, 1.807) is 19.2 Å². The zero-order valence-corrected chi connectivity index (χ0v) is 21.7. The van der Waals surface area contributed by atoms with Crippen LogP contribution in [0.3, 0.4) is 0 Å². The van der Waals surface area contributed by atoms with E-state index in [1.807, 2.05) is 25.1 Å². The van der Waals surface area contributed by atoms with Gasteiger partial charge in [0.1, 0.15) is 7.85 Å². The molecule has 1 heterocycles. The first-order chi connectivity index (χ1) is 15.5. The highest BCUT2D eigenvalue weighted by Crippen LogP contribution is 2.37. The van der Waals surface area contributed by atoms with E-state index in [1.165, 1.54) is 16.7 Å². The largest absolute Gasteiger partial charge is 0.381 e. The Balaban J connectivity index is 1.79. The number of nitrogens with zero attached hydrogens (tertiary/aromatic N) is 1. The second-order valence-corrected chi connectivity index (χ2v) is 11.8. The fraction of sp³-hybridized carbons (Fsp3) is 0.538. The van der Waals surface area contributed by atoms with Crippen molar-refractivity contribution in [3.63, 3.8) is 0 Å². The van der Waals surface area contributed by atoms with Crippen molar-refractivity contribution in [2.45, 2.75) is 68.7 Å². The molecule has 0 amide bonds. The lowest BCUT2D eigenvalue weighted by molar-refractivity contribution is 0.0608. The van der Waals surface area contributed by atoms with Gasteiger partial charge in [0.25, 0.3) is 10.0 Å². The van der Waals surface area contributed by atoms with Crippen molar-refractivity contribution in [3.05, 3.63) is 64.9 Å². The van der Waals surface area contributed by atoms with E-state index in [-0.39, 0.29) is 10.2 Å². The van der Waals surface area contributed by atoms with Crippen LogP contribution in [-0.2, 0) is 20.1 Å². The van der Waals surface area contributed by atoms with Gasteiger partial charge in [-0.1, -0.05) is 24.3 Å². The highest BCUT2D eigenvalue weighted by Gasteiger charge is 2.32. The van der Waals surface area contributed by atoms with Crippen LogP contribution in [0.4, 0.5) is 0 Å². The smallest absolute Gasteiger partial charge is 0.261 e. The third-order valence-corrected chi connectivity index (χ3v) is 8.81. The number of allylic oxidation sites excluding steroid dienone is 2. The molecular formula is C26H39BN2O3S. The minimum absolute atomic E-state index is 0.0597. The molecular weight excluding hydrogens is 431 g/mol. The van der Waals surface area contributed by atoms with Gasteiger partial charge in [-0.2, -0.15) is 0 Å². The van der Waals surface area contributed by atoms with Crippen LogP contribution in [0.2, 0.25) is 0 Å². The molecule has 7 heteroatoms. The Hall–Kier alpha value is -1.83. The molecule has 1 aromatic carbocycles. The van der Waals surface area contributed by atoms with E-state index >= 15 is 0 Å². The summed E-state index contributed by atoms with van der Waals surface area (Å²) in [5.74, 6) is 0. The van der Waals surface area contributed by atoms with Crippen molar-refractivity contribution >= 4 is 17.9 Å². The van der Waals surface area contributed by atoms with E-state index < -0.39 is 10.0 Å².